The summed E-state index contributed by atoms with van der Waals surface area (Å²) in [6.45, 7) is 28.7. The number of benzene rings is 4. The predicted octanol–water partition coefficient (Wildman–Crippen LogP) is 14.4. The highest BCUT2D eigenvalue weighted by atomic mass is 16.3. The van der Waals surface area contributed by atoms with Crippen LogP contribution in [0.1, 0.15) is 129 Å². The minimum atomic E-state index is 0.345. The molecular weight excluding hydrogens is 697 g/mol. The largest absolute Gasteiger partial charge is 0.508 e. The van der Waals surface area contributed by atoms with Gasteiger partial charge in [0.1, 0.15) is 11.5 Å². The van der Waals surface area contributed by atoms with Crippen molar-refractivity contribution in [2.45, 2.75) is 129 Å². The number of aromatic hydroxyl groups is 2. The van der Waals surface area contributed by atoms with Crippen molar-refractivity contribution in [3.05, 3.63) is 155 Å². The lowest BCUT2D eigenvalue weighted by Crippen LogP contribution is -2.09. The Hall–Kier alpha value is -4.57. The van der Waals surface area contributed by atoms with Crippen LogP contribution in [0.2, 0.25) is 0 Å². The van der Waals surface area contributed by atoms with Gasteiger partial charge >= 0.3 is 0 Å². The molecule has 1 heterocycles. The first-order valence-electron chi connectivity index (χ1n) is 21.1. The quantitative estimate of drug-likeness (QED) is 0.147. The summed E-state index contributed by atoms with van der Waals surface area (Å²) in [6, 6.07) is 32.7. The van der Waals surface area contributed by atoms with Crippen LogP contribution in [0.25, 0.3) is 5.57 Å². The second-order valence-corrected chi connectivity index (χ2v) is 19.2. The Bertz CT molecular complexity index is 1840. The van der Waals surface area contributed by atoms with Crippen LogP contribution >= 0.6 is 0 Å². The summed E-state index contributed by atoms with van der Waals surface area (Å²) in [4.78, 5) is 7.03. The Morgan fingerprint density at radius 2 is 1.12 bits per heavy atom. The first-order valence-corrected chi connectivity index (χ1v) is 21.1. The first kappa shape index (κ1) is 48.6. The summed E-state index contributed by atoms with van der Waals surface area (Å²) in [7, 11) is 0. The topological polar surface area (TPSA) is 69.1 Å². The molecule has 4 heteroatoms. The maximum Gasteiger partial charge on any atom is 0.118 e. The Morgan fingerprint density at radius 3 is 1.63 bits per heavy atom. The molecule has 0 fully saturated rings. The molecule has 6 rings (SSSR count). The number of fused-ring (bicyclic) bond motifs is 1. The van der Waals surface area contributed by atoms with Crippen molar-refractivity contribution in [1.29, 1.82) is 0 Å². The van der Waals surface area contributed by atoms with Gasteiger partial charge in [-0.1, -0.05) is 168 Å². The molecule has 0 radical (unpaired) electrons. The monoisotopic (exact) mass is 773 g/mol. The van der Waals surface area contributed by atoms with Crippen LogP contribution < -0.4 is 0 Å². The van der Waals surface area contributed by atoms with E-state index >= 15 is 0 Å². The number of hydrogen-bond acceptors (Lipinski definition) is 3. The van der Waals surface area contributed by atoms with Gasteiger partial charge in [0.2, 0.25) is 0 Å². The van der Waals surface area contributed by atoms with Crippen LogP contribution in [0.3, 0.4) is 0 Å². The number of hydrogen-bond donors (Lipinski definition) is 3. The van der Waals surface area contributed by atoms with Gasteiger partial charge in [-0.15, -0.1) is 0 Å². The molecular formula is C53H76N2O2. The number of nitrogens with one attached hydrogen (secondary N) is 1. The van der Waals surface area contributed by atoms with Gasteiger partial charge in [0.15, 0.2) is 0 Å². The number of allylic oxidation sites excluding steroid dienone is 2. The molecule has 0 amide bonds. The molecule has 4 nitrogen and oxygen atoms in total. The third kappa shape index (κ3) is 22.1. The number of H-pyrrole nitrogens is 1. The van der Waals surface area contributed by atoms with E-state index in [0.717, 1.165) is 37.2 Å². The molecule has 0 aliphatic heterocycles. The van der Waals surface area contributed by atoms with Gasteiger partial charge < -0.3 is 15.2 Å². The van der Waals surface area contributed by atoms with Crippen molar-refractivity contribution in [2.75, 3.05) is 0 Å². The average molecular weight is 773 g/mol. The molecule has 0 atom stereocenters. The molecule has 3 N–H and O–H groups in total. The standard InChI is InChI=1S/C14H18.C11H16O.C10H14O.C10H14.C8H14N2/c1-14(2,3)10-12-9-8-11-6-4-5-7-13(11)12;1-8(2)6-10-5-4-9(3)11(12)7-10;1-8(2)7-9-3-5-10(11)6-4-9;1-9(2)8-10-6-4-3-5-7-10;1-8(2,3)4-7-5-9-6-10-7/h4-7,9H,8,10H2,1-3H3;4-5,7-8,12H,6H2,1-3H3;3-6,8,11H,7H2,1-2H3;3-7,9H,8H2,1-2H3;5-6H,4H2,1-3H3,(H,9,10). The van der Waals surface area contributed by atoms with E-state index in [0.29, 0.717) is 34.2 Å². The van der Waals surface area contributed by atoms with E-state index in [-0.39, 0.29) is 0 Å². The molecule has 0 spiro atoms. The SMILES string of the molecule is CC(C)(C)CC1=CCc2ccccc21.CC(C)(C)Cc1cnc[nH]1.CC(C)Cc1ccc(O)cc1.CC(C)Cc1ccccc1.Cc1ccc(CC(C)C)cc1O. The second-order valence-electron chi connectivity index (χ2n) is 19.2. The number of phenolic OH excluding ortho intramolecular Hbond substituents is 2. The van der Waals surface area contributed by atoms with E-state index in [1.165, 1.54) is 51.9 Å². The number of nitrogens with zero attached hydrogens (tertiary/aromatic N) is 1. The van der Waals surface area contributed by atoms with Crippen molar-refractivity contribution in [2.24, 2.45) is 28.6 Å². The van der Waals surface area contributed by atoms with Crippen molar-refractivity contribution in [3.8, 4) is 11.5 Å². The first-order chi connectivity index (χ1) is 26.7. The molecule has 0 saturated heterocycles. The molecule has 0 unspecified atom stereocenters. The summed E-state index contributed by atoms with van der Waals surface area (Å²) in [5.41, 5.74) is 11.4. The van der Waals surface area contributed by atoms with Crippen molar-refractivity contribution in [1.82, 2.24) is 9.97 Å². The van der Waals surface area contributed by atoms with Gasteiger partial charge in [-0.3, -0.25) is 0 Å². The van der Waals surface area contributed by atoms with Gasteiger partial charge in [0.25, 0.3) is 0 Å². The molecule has 1 aliphatic carbocycles. The molecule has 1 aliphatic rings. The Labute approximate surface area is 347 Å². The minimum Gasteiger partial charge on any atom is -0.508 e. The Balaban J connectivity index is 0.000000247. The fourth-order valence-corrected chi connectivity index (χ4v) is 6.49. The van der Waals surface area contributed by atoms with Gasteiger partial charge in [0, 0.05) is 11.9 Å². The fourth-order valence-electron chi connectivity index (χ4n) is 6.49. The van der Waals surface area contributed by atoms with E-state index < -0.39 is 0 Å². The van der Waals surface area contributed by atoms with Gasteiger partial charge in [-0.25, -0.2) is 4.98 Å². The van der Waals surface area contributed by atoms with E-state index in [1.54, 1.807) is 18.5 Å². The molecule has 4 aromatic carbocycles. The number of aryl methyl sites for hydroxylation is 1. The van der Waals surface area contributed by atoms with Gasteiger partial charge in [0.05, 0.1) is 6.33 Å². The van der Waals surface area contributed by atoms with Crippen molar-refractivity contribution in [3.63, 3.8) is 0 Å². The van der Waals surface area contributed by atoms with E-state index in [1.807, 2.05) is 37.4 Å². The van der Waals surface area contributed by atoms with Gasteiger partial charge in [-0.05, 0) is 131 Å². The average Bonchev–Trinajstić information content (AvgIpc) is 3.77. The lowest BCUT2D eigenvalue weighted by molar-refractivity contribution is 0.407. The number of aromatic nitrogens is 2. The summed E-state index contributed by atoms with van der Waals surface area (Å²) >= 11 is 0. The maximum atomic E-state index is 9.41. The highest BCUT2D eigenvalue weighted by Gasteiger charge is 2.19. The number of imidazole rings is 1. The highest BCUT2D eigenvalue weighted by molar-refractivity contribution is 5.73. The second kappa shape index (κ2) is 24.3. The van der Waals surface area contributed by atoms with E-state index in [4.69, 9.17) is 5.11 Å². The minimum absolute atomic E-state index is 0.345. The number of aromatic amines is 1. The number of rotatable bonds is 8. The lowest BCUT2D eigenvalue weighted by Gasteiger charge is -2.19. The molecule has 1 aromatic heterocycles. The van der Waals surface area contributed by atoms with E-state index in [2.05, 4.69) is 160 Å². The van der Waals surface area contributed by atoms with E-state index in [9.17, 15) is 5.11 Å². The zero-order valence-corrected chi connectivity index (χ0v) is 37.8. The van der Waals surface area contributed by atoms with Crippen LogP contribution in [-0.4, -0.2) is 20.2 Å². The summed E-state index contributed by atoms with van der Waals surface area (Å²) in [6.07, 6.45) is 12.7. The molecule has 310 valence electrons. The summed E-state index contributed by atoms with van der Waals surface area (Å²) in [5.74, 6) is 2.85. The molecule has 0 bridgehead atoms. The Kier molecular flexibility index (Phi) is 20.7. The molecule has 5 aromatic rings. The number of phenols is 2. The summed E-state index contributed by atoms with van der Waals surface area (Å²) in [5, 5.41) is 18.4. The van der Waals surface area contributed by atoms with Crippen LogP contribution in [0, 0.1) is 35.5 Å². The van der Waals surface area contributed by atoms with Crippen LogP contribution in [0.15, 0.2) is 116 Å². The maximum absolute atomic E-state index is 9.41. The van der Waals surface area contributed by atoms with Crippen LogP contribution in [0.5, 0.6) is 11.5 Å². The lowest BCUT2D eigenvalue weighted by atomic mass is 9.86. The van der Waals surface area contributed by atoms with Crippen molar-refractivity contribution >= 4 is 5.57 Å². The summed E-state index contributed by atoms with van der Waals surface area (Å²) < 4.78 is 0. The smallest absolute Gasteiger partial charge is 0.118 e. The molecule has 0 saturated carbocycles. The van der Waals surface area contributed by atoms with Crippen LogP contribution in [0.4, 0.5) is 0 Å². The third-order valence-corrected chi connectivity index (χ3v) is 8.91. The van der Waals surface area contributed by atoms with Crippen LogP contribution in [-0.2, 0) is 32.1 Å². The fraction of sp³-hybridized carbons (Fsp3) is 0.453. The Morgan fingerprint density at radius 1 is 0.614 bits per heavy atom. The van der Waals surface area contributed by atoms with Crippen molar-refractivity contribution < 1.29 is 10.2 Å². The zero-order chi connectivity index (χ0) is 42.6. The predicted molar refractivity (Wildman–Crippen MR) is 247 cm³/mol. The third-order valence-electron chi connectivity index (χ3n) is 8.91. The highest BCUT2D eigenvalue weighted by Crippen LogP contribution is 2.36. The molecule has 57 heavy (non-hydrogen) atoms. The van der Waals surface area contributed by atoms with Gasteiger partial charge in [-0.2, -0.15) is 0 Å². The zero-order valence-electron chi connectivity index (χ0n) is 37.8. The normalized spacial score (nSPS) is 11.9.